The molecule has 5 heteroatoms. The fourth-order valence-electron chi connectivity index (χ4n) is 3.73. The summed E-state index contributed by atoms with van der Waals surface area (Å²) < 4.78 is 11.4. The highest BCUT2D eigenvalue weighted by Gasteiger charge is 2.17. The molecule has 1 heterocycles. The number of benzene rings is 3. The monoisotopic (exact) mass is 428 g/mol. The van der Waals surface area contributed by atoms with Crippen molar-refractivity contribution in [1.82, 2.24) is 10.6 Å². The van der Waals surface area contributed by atoms with Crippen LogP contribution in [-0.4, -0.2) is 26.1 Å². The van der Waals surface area contributed by atoms with Crippen LogP contribution in [0.3, 0.4) is 0 Å². The Balaban J connectivity index is 1.41. The van der Waals surface area contributed by atoms with Crippen LogP contribution < -0.4 is 15.4 Å². The number of methoxy groups -OCH3 is 1. The maximum atomic E-state index is 12.7. The molecule has 4 aromatic rings. The van der Waals surface area contributed by atoms with Gasteiger partial charge in [0.1, 0.15) is 0 Å². The fourth-order valence-corrected chi connectivity index (χ4v) is 3.73. The van der Waals surface area contributed by atoms with Gasteiger partial charge in [-0.25, -0.2) is 0 Å². The molecule has 3 aromatic carbocycles. The number of carbonyl (C=O) groups excluding carboxylic acids is 1. The Hall–Kier alpha value is -3.57. The molecule has 0 aliphatic heterocycles. The molecule has 0 unspecified atom stereocenters. The van der Waals surface area contributed by atoms with E-state index in [1.165, 1.54) is 11.1 Å². The van der Waals surface area contributed by atoms with Crippen LogP contribution in [0.5, 0.6) is 5.75 Å². The summed E-state index contributed by atoms with van der Waals surface area (Å²) in [5.74, 6) is 0.696. The van der Waals surface area contributed by atoms with Crippen molar-refractivity contribution in [1.29, 1.82) is 0 Å². The third-order valence-electron chi connectivity index (χ3n) is 5.47. The Morgan fingerprint density at radius 3 is 2.19 bits per heavy atom. The van der Waals surface area contributed by atoms with Crippen LogP contribution >= 0.6 is 0 Å². The highest BCUT2D eigenvalue weighted by Crippen LogP contribution is 2.31. The van der Waals surface area contributed by atoms with E-state index in [0.29, 0.717) is 30.2 Å². The molecule has 0 bridgehead atoms. The molecule has 32 heavy (non-hydrogen) atoms. The molecule has 0 aliphatic rings. The van der Waals surface area contributed by atoms with Crippen LogP contribution in [0.1, 0.15) is 27.2 Å². The topological polar surface area (TPSA) is 63.5 Å². The number of hydrogen-bond donors (Lipinski definition) is 2. The summed E-state index contributed by atoms with van der Waals surface area (Å²) in [5, 5.41) is 7.33. The molecule has 5 nitrogen and oxygen atoms in total. The van der Waals surface area contributed by atoms with Gasteiger partial charge in [0.15, 0.2) is 17.1 Å². The van der Waals surface area contributed by atoms with Gasteiger partial charge in [-0.05, 0) is 48.2 Å². The Labute approximate surface area is 188 Å². The van der Waals surface area contributed by atoms with Crippen molar-refractivity contribution in [2.24, 2.45) is 0 Å². The molecule has 164 valence electrons. The molecule has 1 aromatic heterocycles. The average Bonchev–Trinajstić information content (AvgIpc) is 3.29. The molecular formula is C27H28N2O3. The van der Waals surface area contributed by atoms with E-state index in [9.17, 15) is 4.79 Å². The maximum absolute atomic E-state index is 12.7. The van der Waals surface area contributed by atoms with Gasteiger partial charge in [0.05, 0.1) is 7.11 Å². The molecule has 0 saturated carbocycles. The van der Waals surface area contributed by atoms with Crippen LogP contribution in [-0.2, 0) is 19.4 Å². The fraction of sp³-hybridized carbons (Fsp3) is 0.222. The second kappa shape index (κ2) is 10.6. The highest BCUT2D eigenvalue weighted by atomic mass is 16.5. The van der Waals surface area contributed by atoms with E-state index in [1.54, 1.807) is 7.11 Å². The van der Waals surface area contributed by atoms with Crippen LogP contribution in [0, 0.1) is 0 Å². The molecule has 2 N–H and O–H groups in total. The summed E-state index contributed by atoms with van der Waals surface area (Å²) in [6.07, 6.45) is 1.73. The normalized spacial score (nSPS) is 10.9. The van der Waals surface area contributed by atoms with Crippen molar-refractivity contribution >= 4 is 16.9 Å². The molecule has 0 fully saturated rings. The number of hydrogen-bond acceptors (Lipinski definition) is 4. The second-order valence-corrected chi connectivity index (χ2v) is 7.68. The van der Waals surface area contributed by atoms with Gasteiger partial charge in [0.25, 0.3) is 5.91 Å². The molecule has 0 aliphatic carbocycles. The molecule has 4 rings (SSSR count). The van der Waals surface area contributed by atoms with Gasteiger partial charge in [-0.1, -0.05) is 66.7 Å². The van der Waals surface area contributed by atoms with Crippen LogP contribution in [0.2, 0.25) is 0 Å². The summed E-state index contributed by atoms with van der Waals surface area (Å²) in [6.45, 7) is 2.09. The molecular weight excluding hydrogens is 400 g/mol. The van der Waals surface area contributed by atoms with Crippen molar-refractivity contribution in [3.05, 3.63) is 101 Å². The zero-order chi connectivity index (χ0) is 22.2. The summed E-state index contributed by atoms with van der Waals surface area (Å²) in [7, 11) is 1.61. The van der Waals surface area contributed by atoms with Crippen LogP contribution in [0.25, 0.3) is 11.0 Å². The Morgan fingerprint density at radius 1 is 0.875 bits per heavy atom. The van der Waals surface area contributed by atoms with Crippen molar-refractivity contribution in [2.75, 3.05) is 20.2 Å². The van der Waals surface area contributed by atoms with E-state index >= 15 is 0 Å². The van der Waals surface area contributed by atoms with E-state index in [1.807, 2.05) is 42.5 Å². The van der Waals surface area contributed by atoms with Gasteiger partial charge >= 0.3 is 0 Å². The molecule has 1 amide bonds. The Kier molecular flexibility index (Phi) is 7.20. The predicted molar refractivity (Wildman–Crippen MR) is 127 cm³/mol. The summed E-state index contributed by atoms with van der Waals surface area (Å²) >= 11 is 0. The summed E-state index contributed by atoms with van der Waals surface area (Å²) in [6, 6.07) is 26.2. The van der Waals surface area contributed by atoms with Crippen molar-refractivity contribution in [2.45, 2.75) is 19.4 Å². The first-order chi connectivity index (χ1) is 15.7. The number of carbonyl (C=O) groups is 1. The predicted octanol–water partition coefficient (Wildman–Crippen LogP) is 4.75. The average molecular weight is 429 g/mol. The van der Waals surface area contributed by atoms with Crippen molar-refractivity contribution < 1.29 is 13.9 Å². The summed E-state index contributed by atoms with van der Waals surface area (Å²) in [4.78, 5) is 12.7. The number of amides is 1. The quantitative estimate of drug-likeness (QED) is 0.358. The lowest BCUT2D eigenvalue weighted by molar-refractivity contribution is 0.0928. The van der Waals surface area contributed by atoms with E-state index in [4.69, 9.17) is 9.15 Å². The lowest BCUT2D eigenvalue weighted by atomic mass is 10.1. The second-order valence-electron chi connectivity index (χ2n) is 7.68. The molecule has 0 saturated heterocycles. The SMILES string of the molecule is COc1ccc(CNCCc2ccccc2)c2cc(C(=O)NCCc3ccccc3)oc12. The van der Waals surface area contributed by atoms with Gasteiger partial charge in [0.2, 0.25) is 0 Å². The molecule has 0 radical (unpaired) electrons. The van der Waals surface area contributed by atoms with E-state index in [-0.39, 0.29) is 5.91 Å². The first kappa shape index (κ1) is 21.7. The number of ether oxygens (including phenoxy) is 1. The van der Waals surface area contributed by atoms with Gasteiger partial charge in [-0.3, -0.25) is 4.79 Å². The Morgan fingerprint density at radius 2 is 1.53 bits per heavy atom. The van der Waals surface area contributed by atoms with Crippen molar-refractivity contribution in [3.63, 3.8) is 0 Å². The van der Waals surface area contributed by atoms with Gasteiger partial charge in [0, 0.05) is 18.5 Å². The molecule has 0 atom stereocenters. The van der Waals surface area contributed by atoms with Crippen LogP contribution in [0.15, 0.2) is 83.3 Å². The van der Waals surface area contributed by atoms with Gasteiger partial charge in [-0.15, -0.1) is 0 Å². The van der Waals surface area contributed by atoms with E-state index < -0.39 is 0 Å². The van der Waals surface area contributed by atoms with Crippen molar-refractivity contribution in [3.8, 4) is 5.75 Å². The largest absolute Gasteiger partial charge is 0.493 e. The summed E-state index contributed by atoms with van der Waals surface area (Å²) in [5.41, 5.74) is 4.16. The highest BCUT2D eigenvalue weighted by molar-refractivity contribution is 5.98. The third kappa shape index (κ3) is 5.37. The lowest BCUT2D eigenvalue weighted by Crippen LogP contribution is -2.25. The third-order valence-corrected chi connectivity index (χ3v) is 5.47. The van der Waals surface area contributed by atoms with Gasteiger partial charge < -0.3 is 19.8 Å². The Bertz CT molecular complexity index is 1150. The molecule has 0 spiro atoms. The first-order valence-electron chi connectivity index (χ1n) is 10.9. The number of rotatable bonds is 10. The number of fused-ring (bicyclic) bond motifs is 1. The minimum Gasteiger partial charge on any atom is -0.493 e. The zero-order valence-corrected chi connectivity index (χ0v) is 18.3. The van der Waals surface area contributed by atoms with E-state index in [0.717, 1.165) is 30.3 Å². The van der Waals surface area contributed by atoms with E-state index in [2.05, 4.69) is 47.0 Å². The van der Waals surface area contributed by atoms with Crippen LogP contribution in [0.4, 0.5) is 0 Å². The smallest absolute Gasteiger partial charge is 0.287 e. The minimum absolute atomic E-state index is 0.220. The number of nitrogens with one attached hydrogen (secondary N) is 2. The minimum atomic E-state index is -0.220. The maximum Gasteiger partial charge on any atom is 0.287 e. The first-order valence-corrected chi connectivity index (χ1v) is 10.9. The lowest BCUT2D eigenvalue weighted by Gasteiger charge is -2.08. The number of furan rings is 1. The standard InChI is InChI=1S/C27H28N2O3/c1-31-24-13-12-22(19-28-16-14-20-8-4-2-5-9-20)23-18-25(32-26(23)24)27(30)29-17-15-21-10-6-3-7-11-21/h2-13,18,28H,14-17,19H2,1H3,(H,29,30). The van der Waals surface area contributed by atoms with Gasteiger partial charge in [-0.2, -0.15) is 0 Å². The zero-order valence-electron chi connectivity index (χ0n) is 18.3.